The van der Waals surface area contributed by atoms with Gasteiger partial charge in [-0.1, -0.05) is 59.7 Å². The monoisotopic (exact) mass is 444 g/mol. The minimum absolute atomic E-state index is 0.171. The summed E-state index contributed by atoms with van der Waals surface area (Å²) in [6, 6.07) is 18.9. The van der Waals surface area contributed by atoms with Crippen LogP contribution in [0.25, 0.3) is 32.5 Å². The quantitative estimate of drug-likeness (QED) is 0.340. The van der Waals surface area contributed by atoms with Crippen molar-refractivity contribution in [3.63, 3.8) is 0 Å². The highest BCUT2D eigenvalue weighted by molar-refractivity contribution is 7.18. The molecule has 5 rings (SSSR count). The van der Waals surface area contributed by atoms with Gasteiger partial charge in [0, 0.05) is 18.7 Å². The molecule has 162 valence electrons. The first-order valence-corrected chi connectivity index (χ1v) is 11.6. The predicted octanol–water partition coefficient (Wildman–Crippen LogP) is 5.27. The van der Waals surface area contributed by atoms with E-state index in [0.29, 0.717) is 11.9 Å². The van der Waals surface area contributed by atoms with Gasteiger partial charge in [0.1, 0.15) is 9.88 Å². The number of piperidine rings is 1. The zero-order valence-corrected chi connectivity index (χ0v) is 18.7. The molecule has 0 saturated carbocycles. The van der Waals surface area contributed by atoms with Gasteiger partial charge in [0.15, 0.2) is 0 Å². The van der Waals surface area contributed by atoms with Gasteiger partial charge < -0.3 is 15.1 Å². The topological polar surface area (TPSA) is 93.4 Å². The molecule has 0 amide bonds. The summed E-state index contributed by atoms with van der Waals surface area (Å²) in [5.41, 5.74) is 10.4. The summed E-state index contributed by atoms with van der Waals surface area (Å²) < 4.78 is 5.79. The molecule has 0 bridgehead atoms. The van der Waals surface area contributed by atoms with Crippen LogP contribution in [-0.4, -0.2) is 39.1 Å². The number of hydrogen-bond acceptors (Lipinski definition) is 6. The van der Waals surface area contributed by atoms with Crippen molar-refractivity contribution in [2.75, 3.05) is 13.1 Å². The summed E-state index contributed by atoms with van der Waals surface area (Å²) in [6.45, 7) is 3.77. The van der Waals surface area contributed by atoms with E-state index < -0.39 is 0 Å². The number of aryl methyl sites for hydroxylation is 1. The number of nitrogens with zero attached hydrogens (tertiary/aromatic N) is 5. The van der Waals surface area contributed by atoms with Gasteiger partial charge in [0.05, 0.1) is 5.69 Å². The van der Waals surface area contributed by atoms with Crippen LogP contribution in [-0.2, 0) is 0 Å². The summed E-state index contributed by atoms with van der Waals surface area (Å²) in [7, 11) is 0. The van der Waals surface area contributed by atoms with Crippen LogP contribution < -0.4 is 5.73 Å². The molecular formula is C24H24N6OS. The first-order chi connectivity index (χ1) is 15.7. The van der Waals surface area contributed by atoms with Gasteiger partial charge in [0.25, 0.3) is 5.89 Å². The molecule has 1 fully saturated rings. The van der Waals surface area contributed by atoms with Gasteiger partial charge in [-0.2, -0.15) is 4.99 Å². The predicted molar refractivity (Wildman–Crippen MR) is 128 cm³/mol. The lowest BCUT2D eigenvalue weighted by atomic mass is 10.0. The lowest BCUT2D eigenvalue weighted by Crippen LogP contribution is -2.40. The zero-order chi connectivity index (χ0) is 21.9. The fraction of sp³-hybridized carbons (Fsp3) is 0.250. The van der Waals surface area contributed by atoms with Crippen molar-refractivity contribution >= 4 is 23.3 Å². The molecule has 2 N–H and O–H groups in total. The van der Waals surface area contributed by atoms with E-state index in [0.717, 1.165) is 47.1 Å². The highest BCUT2D eigenvalue weighted by Gasteiger charge is 2.18. The second-order valence-corrected chi connectivity index (χ2v) is 8.78. The Morgan fingerprint density at radius 1 is 0.938 bits per heavy atom. The fourth-order valence-electron chi connectivity index (χ4n) is 3.80. The number of hydrogen-bond donors (Lipinski definition) is 1. The van der Waals surface area contributed by atoms with E-state index in [4.69, 9.17) is 15.1 Å². The van der Waals surface area contributed by atoms with Crippen LogP contribution in [0.15, 0.2) is 64.0 Å². The van der Waals surface area contributed by atoms with E-state index in [2.05, 4.69) is 56.5 Å². The van der Waals surface area contributed by atoms with Crippen LogP contribution in [0.1, 0.15) is 25.0 Å². The Morgan fingerprint density at radius 2 is 1.62 bits per heavy atom. The molecule has 1 aliphatic rings. The molecule has 1 aliphatic heterocycles. The van der Waals surface area contributed by atoms with Crippen LogP contribution in [0.3, 0.4) is 0 Å². The molecule has 4 aromatic rings. The molecule has 2 aromatic heterocycles. The van der Waals surface area contributed by atoms with Gasteiger partial charge >= 0.3 is 6.01 Å². The molecule has 32 heavy (non-hydrogen) atoms. The Kier molecular flexibility index (Phi) is 5.68. The third-order valence-electron chi connectivity index (χ3n) is 5.53. The Balaban J connectivity index is 1.36. The molecule has 0 aliphatic carbocycles. The summed E-state index contributed by atoms with van der Waals surface area (Å²) in [5, 5.41) is 9.15. The number of aliphatic imine (C=N–C) groups is 1. The van der Waals surface area contributed by atoms with Crippen molar-refractivity contribution in [3.8, 4) is 32.5 Å². The lowest BCUT2D eigenvalue weighted by Gasteiger charge is -2.26. The summed E-state index contributed by atoms with van der Waals surface area (Å²) in [6.07, 6.45) is 3.48. The maximum absolute atomic E-state index is 6.13. The van der Waals surface area contributed by atoms with Crippen molar-refractivity contribution in [2.24, 2.45) is 10.7 Å². The molecule has 7 nitrogen and oxygen atoms in total. The second kappa shape index (κ2) is 8.92. The standard InChI is InChI=1S/C24H24N6OS/c1-16-20(21-28-29-24(31-21)27-23(25)30-14-6-3-7-15-30)32-22(26-16)19-12-10-18(11-13-19)17-8-4-2-5-9-17/h2,4-5,8-13H,3,6-7,14-15H2,1H3,(H2,25,27,29). The van der Waals surface area contributed by atoms with Gasteiger partial charge in [-0.25, -0.2) is 4.98 Å². The number of likely N-dealkylation sites (tertiary alicyclic amines) is 1. The average molecular weight is 445 g/mol. The largest absolute Gasteiger partial charge is 0.401 e. The molecule has 0 spiro atoms. The first kappa shape index (κ1) is 20.4. The molecule has 8 heteroatoms. The smallest absolute Gasteiger partial charge is 0.346 e. The number of benzene rings is 2. The van der Waals surface area contributed by atoms with E-state index in [1.165, 1.54) is 28.9 Å². The Hall–Kier alpha value is -3.52. The molecule has 2 aromatic carbocycles. The Bertz CT molecular complexity index is 1220. The number of nitrogens with two attached hydrogens (primary N) is 1. The molecule has 3 heterocycles. The normalized spacial score (nSPS) is 14.7. The Labute approximate surface area is 190 Å². The lowest BCUT2D eigenvalue weighted by molar-refractivity contribution is 0.338. The van der Waals surface area contributed by atoms with Crippen LogP contribution in [0, 0.1) is 6.92 Å². The second-order valence-electron chi connectivity index (χ2n) is 7.78. The number of thiazole rings is 1. The SMILES string of the molecule is Cc1nc(-c2ccc(-c3ccccc3)cc2)sc1-c1nnc(/N=C(\N)N2CCCCC2)o1. The Morgan fingerprint density at radius 3 is 2.38 bits per heavy atom. The van der Waals surface area contributed by atoms with Crippen LogP contribution in [0.5, 0.6) is 0 Å². The highest BCUT2D eigenvalue weighted by Crippen LogP contribution is 2.36. The number of aromatic nitrogens is 3. The van der Waals surface area contributed by atoms with Gasteiger partial charge in [-0.15, -0.1) is 16.4 Å². The maximum Gasteiger partial charge on any atom is 0.346 e. The van der Waals surface area contributed by atoms with Crippen molar-refractivity contribution < 1.29 is 4.42 Å². The van der Waals surface area contributed by atoms with Gasteiger partial charge in [-0.3, -0.25) is 0 Å². The third kappa shape index (κ3) is 4.27. The first-order valence-electron chi connectivity index (χ1n) is 10.7. The minimum Gasteiger partial charge on any atom is -0.401 e. The van der Waals surface area contributed by atoms with Crippen molar-refractivity contribution in [1.82, 2.24) is 20.1 Å². The summed E-state index contributed by atoms with van der Waals surface area (Å²) in [4.78, 5) is 12.0. The summed E-state index contributed by atoms with van der Waals surface area (Å²) in [5.74, 6) is 0.845. The number of rotatable bonds is 4. The highest BCUT2D eigenvalue weighted by atomic mass is 32.1. The van der Waals surface area contributed by atoms with Gasteiger partial charge in [0.2, 0.25) is 5.96 Å². The molecule has 0 unspecified atom stereocenters. The van der Waals surface area contributed by atoms with Crippen LogP contribution in [0.4, 0.5) is 6.01 Å². The zero-order valence-electron chi connectivity index (χ0n) is 17.9. The average Bonchev–Trinajstić information content (AvgIpc) is 3.46. The fourth-order valence-corrected chi connectivity index (χ4v) is 4.79. The minimum atomic E-state index is 0.171. The van der Waals surface area contributed by atoms with Gasteiger partial charge in [-0.05, 0) is 37.3 Å². The number of guanidine groups is 1. The maximum atomic E-state index is 6.13. The molecular weight excluding hydrogens is 420 g/mol. The van der Waals surface area contributed by atoms with Crippen molar-refractivity contribution in [3.05, 3.63) is 60.3 Å². The van der Waals surface area contributed by atoms with E-state index in [1.54, 1.807) is 0 Å². The van der Waals surface area contributed by atoms with E-state index in [9.17, 15) is 0 Å². The van der Waals surface area contributed by atoms with Crippen LogP contribution in [0.2, 0.25) is 0 Å². The summed E-state index contributed by atoms with van der Waals surface area (Å²) >= 11 is 1.53. The van der Waals surface area contributed by atoms with E-state index in [1.807, 2.05) is 25.1 Å². The molecule has 0 radical (unpaired) electrons. The van der Waals surface area contributed by atoms with Crippen molar-refractivity contribution in [1.29, 1.82) is 0 Å². The third-order valence-corrected chi connectivity index (χ3v) is 6.73. The van der Waals surface area contributed by atoms with E-state index in [-0.39, 0.29) is 6.01 Å². The van der Waals surface area contributed by atoms with Crippen LogP contribution >= 0.6 is 11.3 Å². The molecule has 0 atom stereocenters. The molecule has 1 saturated heterocycles. The van der Waals surface area contributed by atoms with Crippen molar-refractivity contribution in [2.45, 2.75) is 26.2 Å². The van der Waals surface area contributed by atoms with E-state index >= 15 is 0 Å².